The van der Waals surface area contributed by atoms with Gasteiger partial charge in [-0.05, 0) is 60.9 Å². The normalized spacial score (nSPS) is 16.7. The van der Waals surface area contributed by atoms with Gasteiger partial charge in [0.1, 0.15) is 5.75 Å². The molecule has 1 aliphatic heterocycles. The first-order valence-electron chi connectivity index (χ1n) is 8.60. The number of halogens is 1. The Balaban J connectivity index is 1.44. The number of carbonyl (C=O) groups is 1. The summed E-state index contributed by atoms with van der Waals surface area (Å²) in [7, 11) is 0. The number of carbonyl (C=O) groups excluding carboxylic acids is 1. The SMILES string of the molecule is O=C(COc1ccc(C=Nc2cccc(Br)c2)cc1)NC[C@H]1CCCO1. The van der Waals surface area contributed by atoms with Crippen molar-refractivity contribution < 1.29 is 14.3 Å². The number of ether oxygens (including phenoxy) is 2. The van der Waals surface area contributed by atoms with Gasteiger partial charge in [0.25, 0.3) is 5.91 Å². The molecular formula is C20H21BrN2O3. The summed E-state index contributed by atoms with van der Waals surface area (Å²) in [6, 6.07) is 15.3. The number of amides is 1. The Morgan fingerprint density at radius 3 is 2.88 bits per heavy atom. The molecule has 1 fully saturated rings. The van der Waals surface area contributed by atoms with Crippen LogP contribution in [0.5, 0.6) is 5.75 Å². The van der Waals surface area contributed by atoms with Crippen molar-refractivity contribution >= 4 is 33.7 Å². The zero-order valence-corrected chi connectivity index (χ0v) is 15.9. The second-order valence-electron chi connectivity index (χ2n) is 6.03. The van der Waals surface area contributed by atoms with Crippen LogP contribution in [-0.2, 0) is 9.53 Å². The lowest BCUT2D eigenvalue weighted by molar-refractivity contribution is -0.123. The lowest BCUT2D eigenvalue weighted by atomic mass is 10.2. The minimum Gasteiger partial charge on any atom is -0.484 e. The zero-order chi connectivity index (χ0) is 18.2. The molecule has 2 aromatic rings. The van der Waals surface area contributed by atoms with Gasteiger partial charge in [0.15, 0.2) is 6.61 Å². The largest absolute Gasteiger partial charge is 0.484 e. The van der Waals surface area contributed by atoms with Gasteiger partial charge in [-0.2, -0.15) is 0 Å². The van der Waals surface area contributed by atoms with Gasteiger partial charge in [-0.15, -0.1) is 0 Å². The highest BCUT2D eigenvalue weighted by Gasteiger charge is 2.16. The molecule has 1 saturated heterocycles. The van der Waals surface area contributed by atoms with E-state index in [9.17, 15) is 4.79 Å². The predicted molar refractivity (Wildman–Crippen MR) is 105 cm³/mol. The fourth-order valence-corrected chi connectivity index (χ4v) is 2.98. The smallest absolute Gasteiger partial charge is 0.258 e. The van der Waals surface area contributed by atoms with E-state index < -0.39 is 0 Å². The number of benzene rings is 2. The van der Waals surface area contributed by atoms with Gasteiger partial charge >= 0.3 is 0 Å². The van der Waals surface area contributed by atoms with Crippen LogP contribution in [0.2, 0.25) is 0 Å². The number of nitrogens with zero attached hydrogens (tertiary/aromatic N) is 1. The van der Waals surface area contributed by atoms with Gasteiger partial charge in [0.05, 0.1) is 11.8 Å². The summed E-state index contributed by atoms with van der Waals surface area (Å²) >= 11 is 3.43. The summed E-state index contributed by atoms with van der Waals surface area (Å²) in [4.78, 5) is 16.2. The Hall–Kier alpha value is -2.18. The first-order chi connectivity index (χ1) is 12.7. The third kappa shape index (κ3) is 5.97. The Bertz CT molecular complexity index is 756. The molecule has 5 nitrogen and oxygen atoms in total. The Morgan fingerprint density at radius 2 is 2.15 bits per heavy atom. The summed E-state index contributed by atoms with van der Waals surface area (Å²) in [5.41, 5.74) is 1.84. The summed E-state index contributed by atoms with van der Waals surface area (Å²) in [6.07, 6.45) is 4.00. The molecule has 3 rings (SSSR count). The van der Waals surface area contributed by atoms with Crippen molar-refractivity contribution in [1.82, 2.24) is 5.32 Å². The van der Waals surface area contributed by atoms with E-state index in [4.69, 9.17) is 9.47 Å². The fourth-order valence-electron chi connectivity index (χ4n) is 2.59. The Kier molecular flexibility index (Phi) is 6.80. The van der Waals surface area contributed by atoms with E-state index in [1.807, 2.05) is 48.5 Å². The summed E-state index contributed by atoms with van der Waals surface area (Å²) in [6.45, 7) is 1.33. The highest BCUT2D eigenvalue weighted by Crippen LogP contribution is 2.18. The lowest BCUT2D eigenvalue weighted by Gasteiger charge is -2.11. The molecule has 6 heteroatoms. The minimum atomic E-state index is -0.138. The van der Waals surface area contributed by atoms with Crippen LogP contribution in [0.4, 0.5) is 5.69 Å². The topological polar surface area (TPSA) is 59.9 Å². The molecule has 0 unspecified atom stereocenters. The predicted octanol–water partition coefficient (Wildman–Crippen LogP) is 3.87. The van der Waals surface area contributed by atoms with E-state index in [1.165, 1.54) is 0 Å². The van der Waals surface area contributed by atoms with Gasteiger partial charge in [0.2, 0.25) is 0 Å². The van der Waals surface area contributed by atoms with E-state index in [0.717, 1.165) is 35.2 Å². The molecule has 1 N–H and O–H groups in total. The maximum atomic E-state index is 11.8. The molecule has 136 valence electrons. The first kappa shape index (κ1) is 18.6. The minimum absolute atomic E-state index is 0.00179. The van der Waals surface area contributed by atoms with Crippen LogP contribution in [0.1, 0.15) is 18.4 Å². The van der Waals surface area contributed by atoms with E-state index >= 15 is 0 Å². The van der Waals surface area contributed by atoms with Gasteiger partial charge in [-0.25, -0.2) is 0 Å². The number of rotatable bonds is 7. The Labute approximate surface area is 161 Å². The van der Waals surface area contributed by atoms with E-state index in [2.05, 4.69) is 26.2 Å². The van der Waals surface area contributed by atoms with Gasteiger partial charge in [-0.1, -0.05) is 22.0 Å². The quantitative estimate of drug-likeness (QED) is 0.696. The third-order valence-electron chi connectivity index (χ3n) is 3.97. The molecule has 26 heavy (non-hydrogen) atoms. The highest BCUT2D eigenvalue weighted by atomic mass is 79.9. The fraction of sp³-hybridized carbons (Fsp3) is 0.300. The first-order valence-corrected chi connectivity index (χ1v) is 9.39. The van der Waals surface area contributed by atoms with Crippen molar-refractivity contribution in [2.45, 2.75) is 18.9 Å². The van der Waals surface area contributed by atoms with Crippen LogP contribution < -0.4 is 10.1 Å². The molecule has 2 aromatic carbocycles. The van der Waals surface area contributed by atoms with Crippen LogP contribution in [0, 0.1) is 0 Å². The average molecular weight is 417 g/mol. The lowest BCUT2D eigenvalue weighted by Crippen LogP contribution is -2.35. The van der Waals surface area contributed by atoms with Crippen molar-refractivity contribution in [3.05, 3.63) is 58.6 Å². The molecule has 1 heterocycles. The van der Waals surface area contributed by atoms with Crippen LogP contribution in [-0.4, -0.2) is 38.0 Å². The molecule has 0 bridgehead atoms. The van der Waals surface area contributed by atoms with Crippen molar-refractivity contribution in [2.24, 2.45) is 4.99 Å². The van der Waals surface area contributed by atoms with E-state index in [1.54, 1.807) is 6.21 Å². The maximum Gasteiger partial charge on any atom is 0.258 e. The monoisotopic (exact) mass is 416 g/mol. The standard InChI is InChI=1S/C20H21BrN2O3/c21-16-3-1-4-17(11-16)22-12-15-6-8-18(9-7-15)26-14-20(24)23-13-19-5-2-10-25-19/h1,3-4,6-9,11-12,19H,2,5,10,13-14H2,(H,23,24)/t19-/m1/s1. The van der Waals surface area contributed by atoms with Crippen LogP contribution in [0.3, 0.4) is 0 Å². The van der Waals surface area contributed by atoms with Crippen LogP contribution in [0.15, 0.2) is 58.0 Å². The molecule has 1 aliphatic rings. The zero-order valence-electron chi connectivity index (χ0n) is 14.4. The van der Waals surface area contributed by atoms with Crippen molar-refractivity contribution in [2.75, 3.05) is 19.8 Å². The molecule has 0 saturated carbocycles. The van der Waals surface area contributed by atoms with Gasteiger partial charge in [0, 0.05) is 23.8 Å². The van der Waals surface area contributed by atoms with Gasteiger partial charge < -0.3 is 14.8 Å². The summed E-state index contributed by atoms with van der Waals surface area (Å²) < 4.78 is 12.0. The van der Waals surface area contributed by atoms with Gasteiger partial charge in [-0.3, -0.25) is 9.79 Å². The molecule has 1 amide bonds. The highest BCUT2D eigenvalue weighted by molar-refractivity contribution is 9.10. The molecule has 0 aromatic heterocycles. The van der Waals surface area contributed by atoms with Crippen molar-refractivity contribution in [3.8, 4) is 5.75 Å². The maximum absolute atomic E-state index is 11.8. The second-order valence-corrected chi connectivity index (χ2v) is 6.95. The van der Waals surface area contributed by atoms with Crippen LogP contribution >= 0.6 is 15.9 Å². The molecule has 0 spiro atoms. The van der Waals surface area contributed by atoms with Crippen LogP contribution in [0.25, 0.3) is 0 Å². The number of nitrogens with one attached hydrogen (secondary N) is 1. The Morgan fingerprint density at radius 1 is 1.31 bits per heavy atom. The number of hydrogen-bond donors (Lipinski definition) is 1. The van der Waals surface area contributed by atoms with Crippen molar-refractivity contribution in [3.63, 3.8) is 0 Å². The summed E-state index contributed by atoms with van der Waals surface area (Å²) in [5.74, 6) is 0.512. The molecule has 0 aliphatic carbocycles. The number of hydrogen-bond acceptors (Lipinski definition) is 4. The number of aliphatic imine (C=N–C) groups is 1. The van der Waals surface area contributed by atoms with E-state index in [-0.39, 0.29) is 18.6 Å². The molecule has 1 atom stereocenters. The average Bonchev–Trinajstić information content (AvgIpc) is 3.17. The van der Waals surface area contributed by atoms with E-state index in [0.29, 0.717) is 12.3 Å². The molecule has 0 radical (unpaired) electrons. The third-order valence-corrected chi connectivity index (χ3v) is 4.47. The molecular weight excluding hydrogens is 396 g/mol. The summed E-state index contributed by atoms with van der Waals surface area (Å²) in [5, 5.41) is 2.84. The second kappa shape index (κ2) is 9.50. The van der Waals surface area contributed by atoms with Crippen molar-refractivity contribution in [1.29, 1.82) is 0 Å².